The lowest BCUT2D eigenvalue weighted by Gasteiger charge is -2.62. The van der Waals surface area contributed by atoms with Crippen molar-refractivity contribution in [2.75, 3.05) is 33.9 Å². The summed E-state index contributed by atoms with van der Waals surface area (Å²) in [5.74, 6) is 3.39. The third-order valence-electron chi connectivity index (χ3n) is 13.7. The lowest BCUT2D eigenvalue weighted by Crippen LogP contribution is -2.62. The average Bonchev–Trinajstić information content (AvgIpc) is 3.54. The second-order valence-corrected chi connectivity index (χ2v) is 15.9. The van der Waals surface area contributed by atoms with E-state index in [1.54, 1.807) is 6.92 Å². The molecule has 0 aromatic rings. The number of aliphatic hydroxyl groups excluding tert-OH is 2. The predicted octanol–water partition coefficient (Wildman–Crippen LogP) is 3.70. The van der Waals surface area contributed by atoms with E-state index in [-0.39, 0.29) is 30.6 Å². The largest absolute Gasteiger partial charge is 0.394 e. The molecule has 14 atom stereocenters. The maximum Gasteiger partial charge on any atom is 0.240 e. The molecule has 0 spiro atoms. The standard InChI is InChI=1S/C34H59N3O5/c1-19-26-15-23(34(26,3)4)16-27(19)35-33(40)31-29(20(2)39)28(18-38)42-37(31)17-22-10-8-12-25(32(22)41-6)24-11-7-9-21-13-14-36(5)30(21)24/h19-32,38-39H,7-18H2,1-6H3,(H,35,40)/t19-,20-,21?,22?,23+,24?,25?,26-,27-,28-,29-,30?,31-,32?/m0/s1. The van der Waals surface area contributed by atoms with Crippen LogP contribution in [0.5, 0.6) is 0 Å². The summed E-state index contributed by atoms with van der Waals surface area (Å²) in [5, 5.41) is 26.4. The Bertz CT molecular complexity index is 959. The molecule has 7 aliphatic rings. The first-order valence-electron chi connectivity index (χ1n) is 17.3. The molecular weight excluding hydrogens is 530 g/mol. The van der Waals surface area contributed by atoms with Crippen molar-refractivity contribution < 1.29 is 24.6 Å². The van der Waals surface area contributed by atoms with Crippen LogP contribution in [0.4, 0.5) is 0 Å². The van der Waals surface area contributed by atoms with E-state index in [1.807, 2.05) is 12.2 Å². The third-order valence-corrected chi connectivity index (χ3v) is 13.7. The van der Waals surface area contributed by atoms with E-state index in [0.717, 1.165) is 18.8 Å². The van der Waals surface area contributed by atoms with Gasteiger partial charge in [0.15, 0.2) is 0 Å². The molecule has 8 nitrogen and oxygen atoms in total. The minimum Gasteiger partial charge on any atom is -0.394 e. The van der Waals surface area contributed by atoms with E-state index >= 15 is 0 Å². The number of hydrogen-bond acceptors (Lipinski definition) is 7. The average molecular weight is 590 g/mol. The molecule has 2 saturated heterocycles. The third kappa shape index (κ3) is 5.28. The molecule has 0 aromatic carbocycles. The fraction of sp³-hybridized carbons (Fsp3) is 0.971. The second kappa shape index (κ2) is 12.2. The summed E-state index contributed by atoms with van der Waals surface area (Å²) >= 11 is 0. The van der Waals surface area contributed by atoms with E-state index in [1.165, 1.54) is 51.5 Å². The first-order valence-corrected chi connectivity index (χ1v) is 17.3. The highest BCUT2D eigenvalue weighted by atomic mass is 16.7. The number of ether oxygens (including phenoxy) is 1. The van der Waals surface area contributed by atoms with Crippen molar-refractivity contribution in [1.82, 2.24) is 15.3 Å². The Hall–Kier alpha value is -0.770. The number of amides is 1. The number of aliphatic hydroxyl groups is 2. The number of methoxy groups -OCH3 is 1. The van der Waals surface area contributed by atoms with Gasteiger partial charge in [-0.2, -0.15) is 5.06 Å². The molecule has 2 bridgehead atoms. The van der Waals surface area contributed by atoms with Crippen LogP contribution in [-0.2, 0) is 14.4 Å². The Kier molecular flexibility index (Phi) is 9.07. The Labute approximate surface area is 254 Å². The van der Waals surface area contributed by atoms with Crippen molar-refractivity contribution in [3.63, 3.8) is 0 Å². The van der Waals surface area contributed by atoms with Gasteiger partial charge in [-0.15, -0.1) is 0 Å². The fourth-order valence-corrected chi connectivity index (χ4v) is 11.3. The van der Waals surface area contributed by atoms with Crippen LogP contribution in [0, 0.1) is 52.8 Å². The first-order chi connectivity index (χ1) is 20.1. The molecule has 7 fully saturated rings. The molecule has 3 N–H and O–H groups in total. The van der Waals surface area contributed by atoms with Crippen LogP contribution in [0.3, 0.4) is 0 Å². The van der Waals surface area contributed by atoms with Crippen LogP contribution in [0.25, 0.3) is 0 Å². The van der Waals surface area contributed by atoms with Gasteiger partial charge < -0.3 is 25.2 Å². The molecule has 6 unspecified atom stereocenters. The lowest BCUT2D eigenvalue weighted by molar-refractivity contribution is -0.193. The molecule has 0 radical (unpaired) electrons. The van der Waals surface area contributed by atoms with Crippen molar-refractivity contribution in [1.29, 1.82) is 0 Å². The highest BCUT2D eigenvalue weighted by Gasteiger charge is 2.58. The molecule has 7 rings (SSSR count). The number of likely N-dealkylation sites (tertiary alicyclic amines) is 1. The van der Waals surface area contributed by atoms with Gasteiger partial charge in [0.2, 0.25) is 5.91 Å². The van der Waals surface area contributed by atoms with Gasteiger partial charge in [0, 0.05) is 37.6 Å². The second-order valence-electron chi connectivity index (χ2n) is 15.9. The molecule has 5 saturated carbocycles. The topological polar surface area (TPSA) is 94.5 Å². The van der Waals surface area contributed by atoms with Gasteiger partial charge in [0.05, 0.1) is 18.8 Å². The molecule has 42 heavy (non-hydrogen) atoms. The van der Waals surface area contributed by atoms with Crippen LogP contribution in [-0.4, -0.2) is 96.4 Å². The quantitative estimate of drug-likeness (QED) is 0.398. The Morgan fingerprint density at radius 2 is 1.86 bits per heavy atom. The van der Waals surface area contributed by atoms with Gasteiger partial charge in [-0.05, 0) is 106 Å². The van der Waals surface area contributed by atoms with Crippen LogP contribution in [0.15, 0.2) is 0 Å². The Morgan fingerprint density at radius 3 is 2.52 bits per heavy atom. The van der Waals surface area contributed by atoms with E-state index in [2.05, 4.69) is 38.0 Å². The maximum atomic E-state index is 14.1. The molecular formula is C34H59N3O5. The van der Waals surface area contributed by atoms with Crippen molar-refractivity contribution in [3.05, 3.63) is 0 Å². The van der Waals surface area contributed by atoms with Crippen LogP contribution in [0.1, 0.15) is 85.5 Å². The number of hydroxylamine groups is 2. The number of carbonyl (C=O) groups excluding carboxylic acids is 1. The minimum absolute atomic E-state index is 0.0585. The number of hydrogen-bond donors (Lipinski definition) is 3. The molecule has 0 aromatic heterocycles. The maximum absolute atomic E-state index is 14.1. The van der Waals surface area contributed by atoms with Crippen molar-refractivity contribution in [2.24, 2.45) is 52.8 Å². The summed E-state index contributed by atoms with van der Waals surface area (Å²) in [4.78, 5) is 23.1. The molecule has 8 heteroatoms. The predicted molar refractivity (Wildman–Crippen MR) is 162 cm³/mol. The summed E-state index contributed by atoms with van der Waals surface area (Å²) in [6.45, 7) is 10.4. The molecule has 2 heterocycles. The van der Waals surface area contributed by atoms with Gasteiger partial charge in [-0.25, -0.2) is 0 Å². The summed E-state index contributed by atoms with van der Waals surface area (Å²) in [6.07, 6.45) is 9.74. The SMILES string of the molecule is COC1C(CN2O[C@@H](CO)[C@H]([C@H](C)O)[C@H]2C(=O)N[C@H]2C[C@H]3C[C@@H]([C@@H]2C)C3(C)C)CCCC1C1CCCC2CCN(C)C21. The van der Waals surface area contributed by atoms with E-state index in [0.29, 0.717) is 47.6 Å². The van der Waals surface area contributed by atoms with E-state index in [9.17, 15) is 15.0 Å². The molecule has 5 aliphatic carbocycles. The molecule has 2 aliphatic heterocycles. The van der Waals surface area contributed by atoms with Crippen molar-refractivity contribution in [2.45, 2.75) is 122 Å². The summed E-state index contributed by atoms with van der Waals surface area (Å²) < 4.78 is 6.36. The number of fused-ring (bicyclic) bond motifs is 3. The van der Waals surface area contributed by atoms with Crippen molar-refractivity contribution >= 4 is 5.91 Å². The minimum atomic E-state index is -0.770. The summed E-state index contributed by atoms with van der Waals surface area (Å²) in [7, 11) is 4.19. The van der Waals surface area contributed by atoms with E-state index in [4.69, 9.17) is 9.57 Å². The van der Waals surface area contributed by atoms with Gasteiger partial charge in [-0.1, -0.05) is 33.6 Å². The number of nitrogens with zero attached hydrogens (tertiary/aromatic N) is 2. The molecule has 240 valence electrons. The normalized spacial score (nSPS) is 48.0. The van der Waals surface area contributed by atoms with Crippen LogP contribution < -0.4 is 5.32 Å². The number of rotatable bonds is 8. The first kappa shape index (κ1) is 31.2. The summed E-state index contributed by atoms with van der Waals surface area (Å²) in [6, 6.07) is 0.180. The van der Waals surface area contributed by atoms with Crippen molar-refractivity contribution in [3.8, 4) is 0 Å². The zero-order valence-corrected chi connectivity index (χ0v) is 27.1. The van der Waals surface area contributed by atoms with Gasteiger partial charge >= 0.3 is 0 Å². The van der Waals surface area contributed by atoms with Gasteiger partial charge in [0.1, 0.15) is 12.1 Å². The fourth-order valence-electron chi connectivity index (χ4n) is 11.3. The van der Waals surface area contributed by atoms with Crippen LogP contribution in [0.2, 0.25) is 0 Å². The van der Waals surface area contributed by atoms with Gasteiger partial charge in [0.25, 0.3) is 0 Å². The number of nitrogens with one attached hydrogen (secondary N) is 1. The highest BCUT2D eigenvalue weighted by Crippen LogP contribution is 2.61. The summed E-state index contributed by atoms with van der Waals surface area (Å²) in [5.41, 5.74) is 0.353. The Balaban J connectivity index is 1.19. The van der Waals surface area contributed by atoms with Gasteiger partial charge in [-0.3, -0.25) is 9.63 Å². The Morgan fingerprint density at radius 1 is 1.12 bits per heavy atom. The smallest absolute Gasteiger partial charge is 0.240 e. The lowest BCUT2D eigenvalue weighted by atomic mass is 9.45. The van der Waals surface area contributed by atoms with E-state index < -0.39 is 24.2 Å². The van der Waals surface area contributed by atoms with Crippen LogP contribution >= 0.6 is 0 Å². The molecule has 1 amide bonds. The highest BCUT2D eigenvalue weighted by molar-refractivity contribution is 5.82. The zero-order chi connectivity index (χ0) is 29.9. The number of carbonyl (C=O) groups is 1. The zero-order valence-electron chi connectivity index (χ0n) is 27.1. The monoisotopic (exact) mass is 589 g/mol.